The molecule has 0 bridgehead atoms. The molecule has 7 heteroatoms. The van der Waals surface area contributed by atoms with Gasteiger partial charge < -0.3 is 4.74 Å². The Hall–Kier alpha value is -1.86. The van der Waals surface area contributed by atoms with Gasteiger partial charge in [0.05, 0.1) is 24.4 Å². The highest BCUT2D eigenvalue weighted by Crippen LogP contribution is 2.30. The first-order chi connectivity index (χ1) is 11.1. The molecule has 124 valence electrons. The van der Waals surface area contributed by atoms with E-state index in [2.05, 4.69) is 46.2 Å². The van der Waals surface area contributed by atoms with Crippen molar-refractivity contribution in [3.63, 3.8) is 0 Å². The van der Waals surface area contributed by atoms with Crippen LogP contribution in [0.2, 0.25) is 0 Å². The third-order valence-electron chi connectivity index (χ3n) is 4.56. The Morgan fingerprint density at radius 3 is 2.70 bits per heavy atom. The van der Waals surface area contributed by atoms with Gasteiger partial charge in [0.25, 0.3) is 0 Å². The van der Waals surface area contributed by atoms with Gasteiger partial charge in [0, 0.05) is 19.3 Å². The van der Waals surface area contributed by atoms with Crippen molar-refractivity contribution in [1.29, 1.82) is 0 Å². The molecular formula is C16H24N6O. The lowest BCUT2D eigenvalue weighted by Crippen LogP contribution is -2.42. The molecule has 1 saturated heterocycles. The summed E-state index contributed by atoms with van der Waals surface area (Å²) in [4.78, 5) is 6.91. The number of hydrogen-bond donors (Lipinski definition) is 0. The van der Waals surface area contributed by atoms with E-state index in [4.69, 9.17) is 4.74 Å². The van der Waals surface area contributed by atoms with E-state index in [9.17, 15) is 0 Å². The van der Waals surface area contributed by atoms with E-state index >= 15 is 0 Å². The maximum Gasteiger partial charge on any atom is 0.175 e. The average Bonchev–Trinajstić information content (AvgIpc) is 3.07. The number of pyridine rings is 1. The first-order valence-electron chi connectivity index (χ1n) is 8.15. The average molecular weight is 316 g/mol. The summed E-state index contributed by atoms with van der Waals surface area (Å²) in [7, 11) is 0. The van der Waals surface area contributed by atoms with Gasteiger partial charge in [-0.2, -0.15) is 0 Å². The molecule has 0 amide bonds. The quantitative estimate of drug-likeness (QED) is 0.835. The van der Waals surface area contributed by atoms with Crippen LogP contribution in [0.25, 0.3) is 0 Å². The molecule has 1 aliphatic rings. The van der Waals surface area contributed by atoms with Gasteiger partial charge in [0.2, 0.25) is 0 Å². The Labute approximate surface area is 136 Å². The summed E-state index contributed by atoms with van der Waals surface area (Å²) in [6, 6.07) is 5.92. The summed E-state index contributed by atoms with van der Waals surface area (Å²) in [6.07, 6.45) is 2.77. The predicted octanol–water partition coefficient (Wildman–Crippen LogP) is 1.63. The van der Waals surface area contributed by atoms with Crippen molar-refractivity contribution in [3.8, 4) is 0 Å². The Morgan fingerprint density at radius 1 is 1.26 bits per heavy atom. The molecule has 0 saturated carbocycles. The lowest BCUT2D eigenvalue weighted by atomic mass is 10.0. The molecule has 0 spiro atoms. The first kappa shape index (κ1) is 16.0. The van der Waals surface area contributed by atoms with Gasteiger partial charge in [-0.25, -0.2) is 4.68 Å². The molecule has 0 unspecified atom stereocenters. The van der Waals surface area contributed by atoms with Gasteiger partial charge in [0.1, 0.15) is 6.04 Å². The molecule has 1 fully saturated rings. The second-order valence-electron chi connectivity index (χ2n) is 6.42. The summed E-state index contributed by atoms with van der Waals surface area (Å²) in [5.41, 5.74) is 0.829. The largest absolute Gasteiger partial charge is 0.379 e. The van der Waals surface area contributed by atoms with Crippen LogP contribution >= 0.6 is 0 Å². The van der Waals surface area contributed by atoms with Crippen molar-refractivity contribution < 1.29 is 4.74 Å². The molecule has 23 heavy (non-hydrogen) atoms. The van der Waals surface area contributed by atoms with Gasteiger partial charge in [-0.15, -0.1) is 5.10 Å². The highest BCUT2D eigenvalue weighted by atomic mass is 16.5. The number of tetrazole rings is 1. The van der Waals surface area contributed by atoms with E-state index in [1.54, 1.807) is 0 Å². The van der Waals surface area contributed by atoms with Crippen molar-refractivity contribution in [2.45, 2.75) is 38.8 Å². The van der Waals surface area contributed by atoms with Crippen LogP contribution in [0.1, 0.15) is 44.8 Å². The van der Waals surface area contributed by atoms with Gasteiger partial charge in [-0.1, -0.05) is 13.0 Å². The first-order valence-corrected chi connectivity index (χ1v) is 8.15. The zero-order chi connectivity index (χ0) is 16.3. The van der Waals surface area contributed by atoms with Gasteiger partial charge >= 0.3 is 0 Å². The monoisotopic (exact) mass is 316 g/mol. The Balaban J connectivity index is 2.04. The number of nitrogens with zero attached hydrogens (tertiary/aromatic N) is 6. The number of ether oxygens (including phenoxy) is 1. The topological polar surface area (TPSA) is 69.0 Å². The minimum Gasteiger partial charge on any atom is -0.379 e. The van der Waals surface area contributed by atoms with Crippen molar-refractivity contribution in [3.05, 3.63) is 35.9 Å². The zero-order valence-electron chi connectivity index (χ0n) is 14.0. The number of hydrogen-bond acceptors (Lipinski definition) is 6. The lowest BCUT2D eigenvalue weighted by Gasteiger charge is -2.35. The number of morpholine rings is 1. The fourth-order valence-corrected chi connectivity index (χ4v) is 2.80. The van der Waals surface area contributed by atoms with Crippen molar-refractivity contribution in [2.75, 3.05) is 26.3 Å². The highest BCUT2D eigenvalue weighted by molar-refractivity contribution is 5.18. The number of rotatable bonds is 5. The third kappa shape index (κ3) is 3.25. The van der Waals surface area contributed by atoms with Crippen LogP contribution in [0.3, 0.4) is 0 Å². The molecule has 2 aromatic heterocycles. The second kappa shape index (κ2) is 6.72. The van der Waals surface area contributed by atoms with E-state index in [1.165, 1.54) is 0 Å². The Morgan fingerprint density at radius 2 is 2.04 bits per heavy atom. The molecule has 0 radical (unpaired) electrons. The van der Waals surface area contributed by atoms with E-state index in [1.807, 2.05) is 29.1 Å². The van der Waals surface area contributed by atoms with E-state index in [0.29, 0.717) is 0 Å². The second-order valence-corrected chi connectivity index (χ2v) is 6.42. The van der Waals surface area contributed by atoms with Crippen LogP contribution in [-0.4, -0.2) is 56.4 Å². The molecule has 2 aromatic rings. The fraction of sp³-hybridized carbons (Fsp3) is 0.625. The predicted molar refractivity (Wildman–Crippen MR) is 85.9 cm³/mol. The van der Waals surface area contributed by atoms with Crippen LogP contribution in [0.5, 0.6) is 0 Å². The molecule has 3 rings (SSSR count). The minimum absolute atomic E-state index is 0.0547. The van der Waals surface area contributed by atoms with Crippen molar-refractivity contribution in [1.82, 2.24) is 30.1 Å². The summed E-state index contributed by atoms with van der Waals surface area (Å²) < 4.78 is 7.45. The van der Waals surface area contributed by atoms with Crippen LogP contribution in [0, 0.1) is 0 Å². The summed E-state index contributed by atoms with van der Waals surface area (Å²) in [5, 5.41) is 12.6. The summed E-state index contributed by atoms with van der Waals surface area (Å²) in [6.45, 7) is 9.60. The van der Waals surface area contributed by atoms with Crippen LogP contribution < -0.4 is 0 Å². The van der Waals surface area contributed by atoms with Crippen LogP contribution in [0.4, 0.5) is 0 Å². The summed E-state index contributed by atoms with van der Waals surface area (Å²) >= 11 is 0. The van der Waals surface area contributed by atoms with E-state index in [-0.39, 0.29) is 11.6 Å². The Bertz CT molecular complexity index is 621. The maximum atomic E-state index is 5.50. The normalized spacial score (nSPS) is 18.0. The fourth-order valence-electron chi connectivity index (χ4n) is 2.80. The van der Waals surface area contributed by atoms with E-state index < -0.39 is 0 Å². The molecule has 3 heterocycles. The van der Waals surface area contributed by atoms with Crippen molar-refractivity contribution >= 4 is 0 Å². The standard InChI is InChI=1S/C16H24N6O/c1-4-16(2,3)22-15(18-19-20-22)14(13-7-5-6-8-17-13)21-9-11-23-12-10-21/h5-8,14H,4,9-12H2,1-3H3/t14-/m1/s1. The Kier molecular flexibility index (Phi) is 4.68. The third-order valence-corrected chi connectivity index (χ3v) is 4.56. The van der Waals surface area contributed by atoms with Gasteiger partial charge in [-0.3, -0.25) is 9.88 Å². The summed E-state index contributed by atoms with van der Waals surface area (Å²) in [5.74, 6) is 0.845. The van der Waals surface area contributed by atoms with Gasteiger partial charge in [-0.05, 0) is 42.8 Å². The molecule has 0 aliphatic carbocycles. The van der Waals surface area contributed by atoms with Crippen molar-refractivity contribution in [2.24, 2.45) is 0 Å². The molecule has 1 atom stereocenters. The lowest BCUT2D eigenvalue weighted by molar-refractivity contribution is 0.0199. The molecule has 7 nitrogen and oxygen atoms in total. The highest BCUT2D eigenvalue weighted by Gasteiger charge is 2.33. The molecule has 1 aliphatic heterocycles. The van der Waals surface area contributed by atoms with E-state index in [0.717, 1.165) is 44.2 Å². The SMILES string of the molecule is CCC(C)(C)n1nnnc1[C@@H](c1ccccn1)N1CCOCC1. The van der Waals surface area contributed by atoms with Crippen LogP contribution in [0.15, 0.2) is 24.4 Å². The number of aromatic nitrogens is 5. The van der Waals surface area contributed by atoms with Crippen LogP contribution in [-0.2, 0) is 10.3 Å². The minimum atomic E-state index is -0.141. The molecule has 0 N–H and O–H groups in total. The maximum absolute atomic E-state index is 5.50. The molecule has 0 aromatic carbocycles. The zero-order valence-corrected chi connectivity index (χ0v) is 14.0. The molecular weight excluding hydrogens is 292 g/mol. The van der Waals surface area contributed by atoms with Gasteiger partial charge in [0.15, 0.2) is 5.82 Å². The smallest absolute Gasteiger partial charge is 0.175 e.